The van der Waals surface area contributed by atoms with Crippen LogP contribution in [0.25, 0.3) is 11.3 Å². The molecule has 30 heavy (non-hydrogen) atoms. The summed E-state index contributed by atoms with van der Waals surface area (Å²) in [6.07, 6.45) is -0.745. The second-order valence-electron chi connectivity index (χ2n) is 9.23. The number of halogens is 3. The second kappa shape index (κ2) is 6.43. The number of alkyl halides is 3. The Morgan fingerprint density at radius 3 is 2.47 bits per heavy atom. The maximum atomic E-state index is 13.3. The van der Waals surface area contributed by atoms with Gasteiger partial charge < -0.3 is 10.5 Å². The van der Waals surface area contributed by atoms with Crippen molar-refractivity contribution >= 4 is 5.82 Å². The first kappa shape index (κ1) is 18.6. The van der Waals surface area contributed by atoms with Crippen LogP contribution in [0.3, 0.4) is 0 Å². The number of rotatable bonds is 5. The van der Waals surface area contributed by atoms with Crippen LogP contribution in [0.1, 0.15) is 30.0 Å². The first-order chi connectivity index (χ1) is 14.4. The number of likely N-dealkylation sites (tertiary alicyclic amines) is 1. The van der Waals surface area contributed by atoms with E-state index in [0.29, 0.717) is 41.0 Å². The van der Waals surface area contributed by atoms with Gasteiger partial charge in [-0.2, -0.15) is 18.3 Å². The number of ether oxygens (including phenoxy) is 1. The molecule has 9 heteroatoms. The number of nitrogens with zero attached hydrogens (tertiary/aromatic N) is 4. The molecular weight excluding hydrogens is 395 g/mol. The maximum absolute atomic E-state index is 13.3. The molecule has 4 aliphatic rings. The lowest BCUT2D eigenvalue weighted by molar-refractivity contribution is -0.137. The molecule has 0 amide bonds. The number of nitrogens with two attached hydrogens (primary N) is 1. The largest absolute Gasteiger partial charge is 0.419 e. The molecule has 2 saturated heterocycles. The smallest absolute Gasteiger partial charge is 0.383 e. The van der Waals surface area contributed by atoms with Gasteiger partial charge in [0, 0.05) is 43.0 Å². The normalized spacial score (nSPS) is 29.1. The van der Waals surface area contributed by atoms with Crippen LogP contribution in [0, 0.1) is 17.8 Å². The standard InChI is InChI=1S/C21H24F3N5O/c22-21(23,24)16-3-12(5-26-20(16)25)17-4-18(29(27-17)6-11-1-2-11)19-14-7-28(8-15(14)19)13-9-30-10-13/h3-5,11,13-15,19H,1-2,6-10H2,(H2,25,26)/t14-,15+,19+. The summed E-state index contributed by atoms with van der Waals surface area (Å²) in [7, 11) is 0. The average Bonchev–Trinajstić information content (AvgIpc) is 3.48. The molecule has 0 spiro atoms. The van der Waals surface area contributed by atoms with Crippen LogP contribution in [0.4, 0.5) is 19.0 Å². The number of anilines is 1. The topological polar surface area (TPSA) is 69.2 Å². The van der Waals surface area contributed by atoms with Gasteiger partial charge >= 0.3 is 6.18 Å². The van der Waals surface area contributed by atoms with E-state index in [0.717, 1.165) is 38.9 Å². The van der Waals surface area contributed by atoms with E-state index in [2.05, 4.69) is 14.6 Å². The fraction of sp³-hybridized carbons (Fsp3) is 0.619. The van der Waals surface area contributed by atoms with E-state index >= 15 is 0 Å². The van der Waals surface area contributed by atoms with Crippen LogP contribution in [0.15, 0.2) is 18.3 Å². The van der Waals surface area contributed by atoms with Crippen LogP contribution in [0.2, 0.25) is 0 Å². The number of nitrogen functional groups attached to an aromatic ring is 1. The zero-order valence-electron chi connectivity index (χ0n) is 16.5. The van der Waals surface area contributed by atoms with E-state index in [1.807, 2.05) is 6.07 Å². The Kier molecular flexibility index (Phi) is 3.99. The summed E-state index contributed by atoms with van der Waals surface area (Å²) in [5.41, 5.74) is 6.65. The van der Waals surface area contributed by atoms with Gasteiger partial charge in [-0.3, -0.25) is 9.58 Å². The zero-order chi connectivity index (χ0) is 20.6. The Hall–Kier alpha value is -2.13. The minimum atomic E-state index is -4.53. The van der Waals surface area contributed by atoms with Crippen molar-refractivity contribution in [1.29, 1.82) is 0 Å². The first-order valence-corrected chi connectivity index (χ1v) is 10.6. The molecular formula is C21H24F3N5O. The van der Waals surface area contributed by atoms with Gasteiger partial charge in [0.25, 0.3) is 0 Å². The molecule has 0 radical (unpaired) electrons. The number of piperidine rings is 1. The predicted molar refractivity (Wildman–Crippen MR) is 103 cm³/mol. The van der Waals surface area contributed by atoms with Crippen molar-refractivity contribution in [2.45, 2.75) is 37.5 Å². The quantitative estimate of drug-likeness (QED) is 0.807. The Labute approximate surface area is 172 Å². The zero-order valence-corrected chi connectivity index (χ0v) is 16.5. The SMILES string of the molecule is Nc1ncc(-c2cc([C@H]3[C@@H]4CN(C5COC5)C[C@@H]43)n(CC3CC3)n2)cc1C(F)(F)F. The van der Waals surface area contributed by atoms with Gasteiger partial charge in [-0.1, -0.05) is 0 Å². The molecule has 0 unspecified atom stereocenters. The van der Waals surface area contributed by atoms with Crippen LogP contribution in [-0.4, -0.2) is 52.0 Å². The second-order valence-corrected chi connectivity index (χ2v) is 9.23. The van der Waals surface area contributed by atoms with Gasteiger partial charge in [0.15, 0.2) is 0 Å². The molecule has 6 rings (SSSR count). The number of hydrogen-bond donors (Lipinski definition) is 1. The van der Waals surface area contributed by atoms with Crippen molar-refractivity contribution in [2.75, 3.05) is 32.0 Å². The fourth-order valence-corrected chi connectivity index (χ4v) is 5.10. The highest BCUT2D eigenvalue weighted by Gasteiger charge is 2.58. The predicted octanol–water partition coefficient (Wildman–Crippen LogP) is 3.00. The van der Waals surface area contributed by atoms with E-state index in [1.54, 1.807) is 0 Å². The van der Waals surface area contributed by atoms with E-state index in [-0.39, 0.29) is 0 Å². The van der Waals surface area contributed by atoms with Crippen molar-refractivity contribution in [3.8, 4) is 11.3 Å². The summed E-state index contributed by atoms with van der Waals surface area (Å²) in [5.74, 6) is 1.81. The Morgan fingerprint density at radius 2 is 1.87 bits per heavy atom. The molecule has 4 heterocycles. The molecule has 2 aromatic heterocycles. The monoisotopic (exact) mass is 419 g/mol. The molecule has 3 atom stereocenters. The molecule has 6 nitrogen and oxygen atoms in total. The number of fused-ring (bicyclic) bond motifs is 1. The third-order valence-electron chi connectivity index (χ3n) is 7.16. The van der Waals surface area contributed by atoms with Crippen molar-refractivity contribution < 1.29 is 17.9 Å². The fourth-order valence-electron chi connectivity index (χ4n) is 5.10. The molecule has 160 valence electrons. The maximum Gasteiger partial charge on any atom is 0.419 e. The highest BCUT2D eigenvalue weighted by molar-refractivity contribution is 5.63. The van der Waals surface area contributed by atoms with Gasteiger partial charge in [0.2, 0.25) is 0 Å². The lowest BCUT2D eigenvalue weighted by Gasteiger charge is -2.35. The molecule has 2 aliphatic heterocycles. The number of aromatic nitrogens is 3. The van der Waals surface area contributed by atoms with Crippen molar-refractivity contribution in [2.24, 2.45) is 17.8 Å². The Balaban J connectivity index is 1.29. The molecule has 2 aliphatic carbocycles. The van der Waals surface area contributed by atoms with Crippen LogP contribution < -0.4 is 5.73 Å². The van der Waals surface area contributed by atoms with Gasteiger partial charge in [-0.15, -0.1) is 0 Å². The number of pyridine rings is 1. The Bertz CT molecular complexity index is 970. The summed E-state index contributed by atoms with van der Waals surface area (Å²) in [4.78, 5) is 6.31. The van der Waals surface area contributed by atoms with Crippen LogP contribution >= 0.6 is 0 Å². The Morgan fingerprint density at radius 1 is 1.13 bits per heavy atom. The summed E-state index contributed by atoms with van der Waals surface area (Å²) in [6, 6.07) is 3.62. The first-order valence-electron chi connectivity index (χ1n) is 10.6. The molecule has 2 aromatic rings. The lowest BCUT2D eigenvalue weighted by Crippen LogP contribution is -2.48. The third kappa shape index (κ3) is 3.10. The van der Waals surface area contributed by atoms with E-state index in [4.69, 9.17) is 15.6 Å². The van der Waals surface area contributed by atoms with Crippen molar-refractivity contribution in [3.63, 3.8) is 0 Å². The molecule has 2 saturated carbocycles. The summed E-state index contributed by atoms with van der Waals surface area (Å²) in [5, 5.41) is 4.72. The summed E-state index contributed by atoms with van der Waals surface area (Å²) in [6.45, 7) is 4.67. The van der Waals surface area contributed by atoms with Gasteiger partial charge in [-0.25, -0.2) is 4.98 Å². The highest BCUT2D eigenvalue weighted by Crippen LogP contribution is 2.59. The summed E-state index contributed by atoms with van der Waals surface area (Å²) >= 11 is 0. The van der Waals surface area contributed by atoms with Gasteiger partial charge in [0.1, 0.15) is 5.82 Å². The minimum absolute atomic E-state index is 0.367. The molecule has 0 aromatic carbocycles. The molecule has 2 N–H and O–H groups in total. The molecule has 0 bridgehead atoms. The van der Waals surface area contributed by atoms with E-state index in [1.165, 1.54) is 24.7 Å². The average molecular weight is 419 g/mol. The van der Waals surface area contributed by atoms with Gasteiger partial charge in [0.05, 0.1) is 30.5 Å². The van der Waals surface area contributed by atoms with Crippen LogP contribution in [-0.2, 0) is 17.5 Å². The van der Waals surface area contributed by atoms with Crippen molar-refractivity contribution in [1.82, 2.24) is 19.7 Å². The van der Waals surface area contributed by atoms with Gasteiger partial charge in [-0.05, 0) is 42.7 Å². The minimum Gasteiger partial charge on any atom is -0.383 e. The third-order valence-corrected chi connectivity index (χ3v) is 7.16. The van der Waals surface area contributed by atoms with Crippen molar-refractivity contribution in [3.05, 3.63) is 29.6 Å². The highest BCUT2D eigenvalue weighted by atomic mass is 19.4. The van der Waals surface area contributed by atoms with Crippen LogP contribution in [0.5, 0.6) is 0 Å². The summed E-state index contributed by atoms with van der Waals surface area (Å²) < 4.78 is 47.2. The van der Waals surface area contributed by atoms with E-state index in [9.17, 15) is 13.2 Å². The van der Waals surface area contributed by atoms with E-state index < -0.39 is 17.6 Å². The lowest BCUT2D eigenvalue weighted by atomic mass is 10.1. The molecule has 4 fully saturated rings. The number of hydrogen-bond acceptors (Lipinski definition) is 5.